The number of hydrogen-bond donors (Lipinski definition) is 1. The Morgan fingerprint density at radius 3 is 2.26 bits per heavy atom. The van der Waals surface area contributed by atoms with E-state index >= 15 is 0 Å². The van der Waals surface area contributed by atoms with E-state index in [1.165, 1.54) is 36.4 Å². The third-order valence-electron chi connectivity index (χ3n) is 4.36. The molecule has 0 unspecified atom stereocenters. The summed E-state index contributed by atoms with van der Waals surface area (Å²) in [7, 11) is -3.78. The van der Waals surface area contributed by atoms with Crippen molar-refractivity contribution in [1.82, 2.24) is 0 Å². The lowest BCUT2D eigenvalue weighted by Gasteiger charge is -2.05. The fourth-order valence-corrected chi connectivity index (χ4v) is 5.45. The molecule has 3 atom stereocenters. The van der Waals surface area contributed by atoms with Gasteiger partial charge in [0.1, 0.15) is 11.2 Å². The van der Waals surface area contributed by atoms with Gasteiger partial charge in [0, 0.05) is 5.92 Å². The number of aliphatic hydroxyl groups excluding tert-OH is 1. The number of sulfone groups is 1. The van der Waals surface area contributed by atoms with Gasteiger partial charge in [0.05, 0.1) is 22.8 Å². The molecule has 3 rings (SSSR count). The number of nitriles is 1. The molecule has 2 aromatic rings. The van der Waals surface area contributed by atoms with Crippen LogP contribution in [0.1, 0.15) is 11.5 Å². The molecule has 4 nitrogen and oxygen atoms in total. The quantitative estimate of drug-likeness (QED) is 0.932. The Morgan fingerprint density at radius 2 is 1.74 bits per heavy atom. The Labute approximate surface area is 133 Å². The van der Waals surface area contributed by atoms with Crippen molar-refractivity contribution in [2.45, 2.75) is 16.1 Å². The zero-order chi connectivity index (χ0) is 16.7. The van der Waals surface area contributed by atoms with Crippen molar-refractivity contribution in [2.75, 3.05) is 6.61 Å². The summed E-state index contributed by atoms with van der Waals surface area (Å²) < 4.78 is 38.8. The first-order valence-corrected chi connectivity index (χ1v) is 8.58. The summed E-state index contributed by atoms with van der Waals surface area (Å²) in [5.41, 5.74) is -0.863. The molecule has 1 N–H and O–H groups in total. The highest BCUT2D eigenvalue weighted by molar-refractivity contribution is 7.92. The van der Waals surface area contributed by atoms with E-state index in [2.05, 4.69) is 0 Å². The highest BCUT2D eigenvalue weighted by Gasteiger charge is 2.72. The van der Waals surface area contributed by atoms with Crippen LogP contribution < -0.4 is 0 Å². The van der Waals surface area contributed by atoms with Crippen molar-refractivity contribution in [3.63, 3.8) is 0 Å². The standard InChI is InChI=1S/C17H14FNO3S/c18-13-8-6-12(7-9-13)15-16(17(15,10-19)11-20)23(21,22)14-4-2-1-3-5-14/h1-9,15-16,20H,11H2/t15-,16+,17+/m1/s1. The van der Waals surface area contributed by atoms with E-state index in [0.717, 1.165) is 0 Å². The predicted molar refractivity (Wildman–Crippen MR) is 81.7 cm³/mol. The maximum atomic E-state index is 13.1. The van der Waals surface area contributed by atoms with E-state index in [1.54, 1.807) is 18.2 Å². The summed E-state index contributed by atoms with van der Waals surface area (Å²) in [6, 6.07) is 15.2. The van der Waals surface area contributed by atoms with Gasteiger partial charge in [-0.2, -0.15) is 5.26 Å². The van der Waals surface area contributed by atoms with Crippen molar-refractivity contribution in [1.29, 1.82) is 5.26 Å². The third kappa shape index (κ3) is 2.33. The molecule has 6 heteroatoms. The van der Waals surface area contributed by atoms with E-state index in [4.69, 9.17) is 0 Å². The molecule has 0 amide bonds. The van der Waals surface area contributed by atoms with Crippen LogP contribution in [0, 0.1) is 22.6 Å². The number of aliphatic hydroxyl groups is 1. The molecule has 0 aromatic heterocycles. The summed E-state index contributed by atoms with van der Waals surface area (Å²) in [4.78, 5) is 0.114. The van der Waals surface area contributed by atoms with Crippen LogP contribution in [0.4, 0.5) is 4.39 Å². The van der Waals surface area contributed by atoms with E-state index in [1.807, 2.05) is 6.07 Å². The van der Waals surface area contributed by atoms with Gasteiger partial charge in [-0.3, -0.25) is 0 Å². The molecule has 1 saturated carbocycles. The molecule has 0 spiro atoms. The highest BCUT2D eigenvalue weighted by Crippen LogP contribution is 2.63. The van der Waals surface area contributed by atoms with Crippen LogP contribution in [0.15, 0.2) is 59.5 Å². The normalized spacial score (nSPS) is 26.5. The third-order valence-corrected chi connectivity index (χ3v) is 6.65. The van der Waals surface area contributed by atoms with Gasteiger partial charge in [-0.25, -0.2) is 12.8 Å². The zero-order valence-corrected chi connectivity index (χ0v) is 12.9. The number of hydrogen-bond acceptors (Lipinski definition) is 4. The number of halogens is 1. The van der Waals surface area contributed by atoms with Gasteiger partial charge in [0.2, 0.25) is 0 Å². The van der Waals surface area contributed by atoms with Crippen LogP contribution in [-0.4, -0.2) is 25.4 Å². The number of benzene rings is 2. The molecule has 0 radical (unpaired) electrons. The molecular formula is C17H14FNO3S. The maximum Gasteiger partial charge on any atom is 0.183 e. The monoisotopic (exact) mass is 331 g/mol. The second-order valence-electron chi connectivity index (χ2n) is 5.62. The maximum absolute atomic E-state index is 13.1. The van der Waals surface area contributed by atoms with Crippen LogP contribution in [0.5, 0.6) is 0 Å². The molecular weight excluding hydrogens is 317 g/mol. The van der Waals surface area contributed by atoms with Crippen molar-refractivity contribution in [2.24, 2.45) is 5.41 Å². The lowest BCUT2D eigenvalue weighted by atomic mass is 10.0. The minimum Gasteiger partial charge on any atom is -0.395 e. The summed E-state index contributed by atoms with van der Waals surface area (Å²) in [5.74, 6) is -1.12. The fraction of sp³-hybridized carbons (Fsp3) is 0.235. The predicted octanol–water partition coefficient (Wildman–Crippen LogP) is 2.27. The number of nitrogens with zero attached hydrogens (tertiary/aromatic N) is 1. The molecule has 1 fully saturated rings. The van der Waals surface area contributed by atoms with Gasteiger partial charge in [-0.15, -0.1) is 0 Å². The van der Waals surface area contributed by atoms with Crippen molar-refractivity contribution in [3.05, 3.63) is 66.0 Å². The van der Waals surface area contributed by atoms with Gasteiger partial charge >= 0.3 is 0 Å². The van der Waals surface area contributed by atoms with Crippen LogP contribution in [0.3, 0.4) is 0 Å². The number of rotatable bonds is 4. The van der Waals surface area contributed by atoms with E-state index in [-0.39, 0.29) is 4.90 Å². The van der Waals surface area contributed by atoms with Crippen LogP contribution >= 0.6 is 0 Å². The molecule has 0 heterocycles. The van der Waals surface area contributed by atoms with E-state index < -0.39 is 38.8 Å². The fourth-order valence-electron chi connectivity index (χ4n) is 3.12. The SMILES string of the molecule is N#C[C@]1(CO)[C@H](c2ccc(F)cc2)[C@@H]1S(=O)(=O)c1ccccc1. The first-order chi connectivity index (χ1) is 11.0. The first kappa shape index (κ1) is 15.7. The topological polar surface area (TPSA) is 78.2 Å². The molecule has 1 aliphatic carbocycles. The van der Waals surface area contributed by atoms with Crippen molar-refractivity contribution < 1.29 is 17.9 Å². The summed E-state index contributed by atoms with van der Waals surface area (Å²) in [6.07, 6.45) is 0. The summed E-state index contributed by atoms with van der Waals surface area (Å²) in [6.45, 7) is -0.567. The Morgan fingerprint density at radius 1 is 1.13 bits per heavy atom. The van der Waals surface area contributed by atoms with Gasteiger partial charge in [-0.05, 0) is 29.8 Å². The van der Waals surface area contributed by atoms with Gasteiger partial charge < -0.3 is 5.11 Å². The Kier molecular flexibility index (Phi) is 3.71. The van der Waals surface area contributed by atoms with Crippen molar-refractivity contribution >= 4 is 9.84 Å². The Hall–Kier alpha value is -2.23. The lowest BCUT2D eigenvalue weighted by molar-refractivity contribution is 0.242. The van der Waals surface area contributed by atoms with E-state index in [9.17, 15) is 23.2 Å². The second kappa shape index (κ2) is 5.44. The first-order valence-electron chi connectivity index (χ1n) is 7.04. The summed E-state index contributed by atoms with van der Waals surface area (Å²) >= 11 is 0. The van der Waals surface area contributed by atoms with Crippen LogP contribution in [0.2, 0.25) is 0 Å². The zero-order valence-electron chi connectivity index (χ0n) is 12.1. The smallest absolute Gasteiger partial charge is 0.183 e. The average Bonchev–Trinajstić information content (AvgIpc) is 3.27. The summed E-state index contributed by atoms with van der Waals surface area (Å²) in [5, 5.41) is 18.1. The van der Waals surface area contributed by atoms with Gasteiger partial charge in [0.25, 0.3) is 0 Å². The molecule has 23 heavy (non-hydrogen) atoms. The van der Waals surface area contributed by atoms with Crippen LogP contribution in [-0.2, 0) is 9.84 Å². The largest absolute Gasteiger partial charge is 0.395 e. The van der Waals surface area contributed by atoms with Crippen LogP contribution in [0.25, 0.3) is 0 Å². The molecule has 0 saturated heterocycles. The minimum atomic E-state index is -3.78. The molecule has 118 valence electrons. The second-order valence-corrected chi connectivity index (χ2v) is 7.69. The van der Waals surface area contributed by atoms with Gasteiger partial charge in [-0.1, -0.05) is 30.3 Å². The lowest BCUT2D eigenvalue weighted by Crippen LogP contribution is -2.18. The van der Waals surface area contributed by atoms with Crippen molar-refractivity contribution in [3.8, 4) is 6.07 Å². The molecule has 1 aliphatic rings. The Balaban J connectivity index is 2.07. The average molecular weight is 331 g/mol. The van der Waals surface area contributed by atoms with E-state index in [0.29, 0.717) is 5.56 Å². The van der Waals surface area contributed by atoms with Gasteiger partial charge in [0.15, 0.2) is 9.84 Å². The molecule has 2 aromatic carbocycles. The molecule has 0 aliphatic heterocycles. The Bertz CT molecular complexity index is 859. The highest BCUT2D eigenvalue weighted by atomic mass is 32.2. The molecule has 0 bridgehead atoms. The minimum absolute atomic E-state index is 0.114.